The van der Waals surface area contributed by atoms with E-state index in [1.165, 1.54) is 0 Å². The van der Waals surface area contributed by atoms with Crippen molar-refractivity contribution in [1.29, 1.82) is 0 Å². The number of nitrogens with zero attached hydrogens (tertiary/aromatic N) is 2. The third kappa shape index (κ3) is 2.81. The van der Waals surface area contributed by atoms with Crippen molar-refractivity contribution in [3.63, 3.8) is 0 Å². The Morgan fingerprint density at radius 1 is 1.20 bits per heavy atom. The summed E-state index contributed by atoms with van der Waals surface area (Å²) in [7, 11) is 0. The van der Waals surface area contributed by atoms with Gasteiger partial charge in [0.1, 0.15) is 0 Å². The van der Waals surface area contributed by atoms with Crippen LogP contribution in [0.3, 0.4) is 0 Å². The molecule has 2 amide bonds. The first-order valence-electron chi connectivity index (χ1n) is 7.76. The monoisotopic (exact) mass is 280 g/mol. The number of carbonyl (C=O) groups excluding carboxylic acids is 2. The van der Waals surface area contributed by atoms with Crippen LogP contribution in [0.25, 0.3) is 0 Å². The van der Waals surface area contributed by atoms with E-state index in [0.29, 0.717) is 13.1 Å². The summed E-state index contributed by atoms with van der Waals surface area (Å²) in [5.74, 6) is 0.350. The second-order valence-electron chi connectivity index (χ2n) is 6.03. The molecule has 6 nitrogen and oxygen atoms in total. The fourth-order valence-corrected chi connectivity index (χ4v) is 3.60. The molecule has 2 N–H and O–H groups in total. The fourth-order valence-electron chi connectivity index (χ4n) is 3.60. The molecule has 112 valence electrons. The third-order valence-corrected chi connectivity index (χ3v) is 4.71. The van der Waals surface area contributed by atoms with Gasteiger partial charge in [0, 0.05) is 26.2 Å². The number of fused-ring (bicyclic) bond motifs is 1. The van der Waals surface area contributed by atoms with Gasteiger partial charge in [-0.05, 0) is 32.4 Å². The van der Waals surface area contributed by atoms with Crippen molar-refractivity contribution in [1.82, 2.24) is 20.4 Å². The maximum atomic E-state index is 12.6. The average Bonchev–Trinajstić information content (AvgIpc) is 2.67. The number of carbonyl (C=O) groups is 2. The Morgan fingerprint density at radius 2 is 2.10 bits per heavy atom. The van der Waals surface area contributed by atoms with Gasteiger partial charge in [0.15, 0.2) is 0 Å². The second-order valence-corrected chi connectivity index (χ2v) is 6.03. The van der Waals surface area contributed by atoms with Crippen molar-refractivity contribution in [2.45, 2.75) is 25.3 Å². The van der Waals surface area contributed by atoms with E-state index >= 15 is 0 Å². The lowest BCUT2D eigenvalue weighted by Gasteiger charge is -2.37. The third-order valence-electron chi connectivity index (χ3n) is 4.71. The van der Waals surface area contributed by atoms with Crippen LogP contribution in [0, 0.1) is 5.92 Å². The lowest BCUT2D eigenvalue weighted by Crippen LogP contribution is -2.52. The number of hydrogen-bond donors (Lipinski definition) is 2. The highest BCUT2D eigenvalue weighted by Gasteiger charge is 2.42. The maximum Gasteiger partial charge on any atom is 0.237 e. The van der Waals surface area contributed by atoms with Crippen molar-refractivity contribution in [3.05, 3.63) is 0 Å². The topological polar surface area (TPSA) is 64.7 Å². The molecular formula is C14H24N4O2. The highest BCUT2D eigenvalue weighted by atomic mass is 16.2. The molecule has 3 heterocycles. The van der Waals surface area contributed by atoms with Crippen LogP contribution in [0.15, 0.2) is 0 Å². The van der Waals surface area contributed by atoms with E-state index < -0.39 is 0 Å². The molecule has 3 fully saturated rings. The van der Waals surface area contributed by atoms with Gasteiger partial charge in [-0.25, -0.2) is 0 Å². The summed E-state index contributed by atoms with van der Waals surface area (Å²) in [5.41, 5.74) is 0. The molecule has 2 atom stereocenters. The summed E-state index contributed by atoms with van der Waals surface area (Å²) in [6.07, 6.45) is 2.97. The van der Waals surface area contributed by atoms with Crippen LogP contribution in [0.5, 0.6) is 0 Å². The smallest absolute Gasteiger partial charge is 0.237 e. The summed E-state index contributed by atoms with van der Waals surface area (Å²) < 4.78 is 0. The van der Waals surface area contributed by atoms with E-state index in [1.807, 2.05) is 4.90 Å². The minimum Gasteiger partial charge on any atom is -0.354 e. The van der Waals surface area contributed by atoms with Gasteiger partial charge in [-0.15, -0.1) is 0 Å². The average molecular weight is 280 g/mol. The van der Waals surface area contributed by atoms with E-state index in [4.69, 9.17) is 0 Å². The highest BCUT2D eigenvalue weighted by molar-refractivity contribution is 5.85. The standard InChI is InChI=1S/C14H24N4O2/c19-13(10-17-6-2-4-15-5-8-17)18-7-1-3-11-12(18)9-16-14(11)20/h11-12,15H,1-10H2,(H,16,20). The Bertz CT molecular complexity index is 379. The Hall–Kier alpha value is -1.14. The zero-order valence-electron chi connectivity index (χ0n) is 11.9. The van der Waals surface area contributed by atoms with Crippen molar-refractivity contribution in [2.75, 3.05) is 45.8 Å². The Kier molecular flexibility index (Phi) is 4.21. The van der Waals surface area contributed by atoms with Gasteiger partial charge in [-0.1, -0.05) is 0 Å². The van der Waals surface area contributed by atoms with E-state index in [1.54, 1.807) is 0 Å². The molecule has 3 saturated heterocycles. The molecule has 6 heteroatoms. The largest absolute Gasteiger partial charge is 0.354 e. The number of likely N-dealkylation sites (tertiary alicyclic amines) is 1. The number of amides is 2. The molecule has 0 aromatic rings. The van der Waals surface area contributed by atoms with Crippen LogP contribution >= 0.6 is 0 Å². The number of hydrogen-bond acceptors (Lipinski definition) is 4. The predicted octanol–water partition coefficient (Wildman–Crippen LogP) is -0.981. The lowest BCUT2D eigenvalue weighted by molar-refractivity contribution is -0.137. The summed E-state index contributed by atoms with van der Waals surface area (Å²) in [6.45, 7) is 5.86. The number of piperidine rings is 1. The molecule has 0 aromatic heterocycles. The van der Waals surface area contributed by atoms with Gasteiger partial charge in [-0.2, -0.15) is 0 Å². The molecule has 3 rings (SSSR count). The summed E-state index contributed by atoms with van der Waals surface area (Å²) in [6, 6.07) is 0.0915. The van der Waals surface area contributed by atoms with Crippen LogP contribution < -0.4 is 10.6 Å². The van der Waals surface area contributed by atoms with Crippen LogP contribution in [-0.4, -0.2) is 73.5 Å². The van der Waals surface area contributed by atoms with Crippen LogP contribution in [0.1, 0.15) is 19.3 Å². The SMILES string of the molecule is O=C1NCC2C1CCCN2C(=O)CN1CCCNCC1. The molecule has 3 aliphatic rings. The molecule has 0 radical (unpaired) electrons. The molecule has 0 aliphatic carbocycles. The van der Waals surface area contributed by atoms with E-state index in [2.05, 4.69) is 15.5 Å². The van der Waals surface area contributed by atoms with Crippen LogP contribution in [-0.2, 0) is 9.59 Å². The second kappa shape index (κ2) is 6.10. The van der Waals surface area contributed by atoms with E-state index in [0.717, 1.165) is 52.0 Å². The van der Waals surface area contributed by atoms with Gasteiger partial charge in [-0.3, -0.25) is 14.5 Å². The minimum absolute atomic E-state index is 0.0264. The van der Waals surface area contributed by atoms with E-state index in [9.17, 15) is 9.59 Å². The first-order chi connectivity index (χ1) is 9.75. The quantitative estimate of drug-likeness (QED) is 0.682. The summed E-state index contributed by atoms with van der Waals surface area (Å²) in [5, 5.41) is 6.26. The molecule has 0 saturated carbocycles. The maximum absolute atomic E-state index is 12.6. The molecular weight excluding hydrogens is 256 g/mol. The van der Waals surface area contributed by atoms with Crippen LogP contribution in [0.2, 0.25) is 0 Å². The van der Waals surface area contributed by atoms with E-state index in [-0.39, 0.29) is 23.8 Å². The molecule has 20 heavy (non-hydrogen) atoms. The van der Waals surface area contributed by atoms with Crippen molar-refractivity contribution < 1.29 is 9.59 Å². The van der Waals surface area contributed by atoms with Gasteiger partial charge in [0.2, 0.25) is 11.8 Å². The Balaban J connectivity index is 1.59. The van der Waals surface area contributed by atoms with Crippen LogP contribution in [0.4, 0.5) is 0 Å². The summed E-state index contributed by atoms with van der Waals surface area (Å²) >= 11 is 0. The Morgan fingerprint density at radius 3 is 3.00 bits per heavy atom. The van der Waals surface area contributed by atoms with Crippen molar-refractivity contribution in [3.8, 4) is 0 Å². The van der Waals surface area contributed by atoms with Crippen molar-refractivity contribution in [2.24, 2.45) is 5.92 Å². The molecule has 0 spiro atoms. The molecule has 0 bridgehead atoms. The van der Waals surface area contributed by atoms with Crippen molar-refractivity contribution >= 4 is 11.8 Å². The minimum atomic E-state index is 0.0264. The molecule has 2 unspecified atom stereocenters. The van der Waals surface area contributed by atoms with Gasteiger partial charge >= 0.3 is 0 Å². The zero-order chi connectivity index (χ0) is 13.9. The van der Waals surface area contributed by atoms with Gasteiger partial charge in [0.25, 0.3) is 0 Å². The zero-order valence-corrected chi connectivity index (χ0v) is 11.9. The van der Waals surface area contributed by atoms with Gasteiger partial charge in [0.05, 0.1) is 18.5 Å². The first-order valence-corrected chi connectivity index (χ1v) is 7.76. The normalized spacial score (nSPS) is 31.6. The highest BCUT2D eigenvalue weighted by Crippen LogP contribution is 2.27. The molecule has 3 aliphatic heterocycles. The summed E-state index contributed by atoms with van der Waals surface area (Å²) in [4.78, 5) is 28.5. The first kappa shape index (κ1) is 13.8. The predicted molar refractivity (Wildman–Crippen MR) is 75.2 cm³/mol. The Labute approximate surface area is 119 Å². The fraction of sp³-hybridized carbons (Fsp3) is 0.857. The lowest BCUT2D eigenvalue weighted by atomic mass is 9.91. The van der Waals surface area contributed by atoms with Gasteiger partial charge < -0.3 is 15.5 Å². The molecule has 0 aromatic carbocycles. The number of rotatable bonds is 2. The number of nitrogens with one attached hydrogen (secondary N) is 2.